The van der Waals surface area contributed by atoms with Gasteiger partial charge in [0.1, 0.15) is 0 Å². The quantitative estimate of drug-likeness (QED) is 0.572. The second-order valence-electron chi connectivity index (χ2n) is 4.08. The maximum atomic E-state index is 10.8. The topological polar surface area (TPSA) is 81.2 Å². The summed E-state index contributed by atoms with van der Waals surface area (Å²) in [5, 5.41) is 18.5. The predicted molar refractivity (Wildman–Crippen MR) is 78.1 cm³/mol. The number of nitrogens with zero attached hydrogens (tertiary/aromatic N) is 2. The lowest BCUT2D eigenvalue weighted by atomic mass is 10.2. The van der Waals surface area contributed by atoms with E-state index in [1.165, 1.54) is 12.1 Å². The van der Waals surface area contributed by atoms with E-state index in [-0.39, 0.29) is 5.69 Å². The van der Waals surface area contributed by atoms with Crippen molar-refractivity contribution >= 4 is 44.1 Å². The van der Waals surface area contributed by atoms with Crippen molar-refractivity contribution in [3.63, 3.8) is 0 Å². The van der Waals surface area contributed by atoms with Gasteiger partial charge in [-0.3, -0.25) is 10.1 Å². The Labute approximate surface area is 121 Å². The van der Waals surface area contributed by atoms with E-state index in [0.29, 0.717) is 17.1 Å². The summed E-state index contributed by atoms with van der Waals surface area (Å²) < 4.78 is 6.04. The molecule has 0 aliphatic carbocycles. The predicted octanol–water partition coefficient (Wildman–Crippen LogP) is 4.24. The van der Waals surface area contributed by atoms with Crippen LogP contribution in [0, 0.1) is 10.1 Å². The number of fused-ring (bicyclic) bond motifs is 1. The Morgan fingerprint density at radius 2 is 2.05 bits per heavy atom. The molecule has 0 amide bonds. The minimum Gasteiger partial charge on any atom is -0.353 e. The van der Waals surface area contributed by atoms with Crippen LogP contribution in [0.3, 0.4) is 0 Å². The van der Waals surface area contributed by atoms with Gasteiger partial charge in [0.05, 0.1) is 14.8 Å². The van der Waals surface area contributed by atoms with Crippen LogP contribution >= 0.6 is 15.9 Å². The molecule has 3 rings (SSSR count). The Hall–Kier alpha value is -2.41. The van der Waals surface area contributed by atoms with Gasteiger partial charge in [-0.05, 0) is 34.1 Å². The molecule has 1 heterocycles. The molecule has 2 aromatic carbocycles. The fraction of sp³-hybridized carbons (Fsp3) is 0. The summed E-state index contributed by atoms with van der Waals surface area (Å²) in [5.41, 5.74) is 1.22. The van der Waals surface area contributed by atoms with E-state index >= 15 is 0 Å². The zero-order valence-electron chi connectivity index (χ0n) is 10.0. The SMILES string of the molecule is O=[N+]([O-])c1cccc(Nc2noc3c(Br)cccc23)c1. The molecule has 0 saturated heterocycles. The van der Waals surface area contributed by atoms with Crippen LogP contribution in [0.2, 0.25) is 0 Å². The molecule has 0 spiro atoms. The molecule has 7 heteroatoms. The first kappa shape index (κ1) is 12.6. The van der Waals surface area contributed by atoms with Gasteiger partial charge < -0.3 is 9.84 Å². The van der Waals surface area contributed by atoms with Gasteiger partial charge in [-0.25, -0.2) is 0 Å². The summed E-state index contributed by atoms with van der Waals surface area (Å²) in [6, 6.07) is 11.8. The fourth-order valence-corrected chi connectivity index (χ4v) is 2.29. The normalized spacial score (nSPS) is 10.7. The molecule has 0 atom stereocenters. The molecule has 0 aliphatic heterocycles. The highest BCUT2D eigenvalue weighted by molar-refractivity contribution is 9.10. The van der Waals surface area contributed by atoms with Gasteiger partial charge in [0, 0.05) is 17.8 Å². The van der Waals surface area contributed by atoms with Crippen LogP contribution in [0.1, 0.15) is 0 Å². The first-order valence-electron chi connectivity index (χ1n) is 5.70. The van der Waals surface area contributed by atoms with Crippen LogP contribution in [0.5, 0.6) is 0 Å². The number of rotatable bonds is 3. The monoisotopic (exact) mass is 333 g/mol. The van der Waals surface area contributed by atoms with Crippen LogP contribution in [0.4, 0.5) is 17.2 Å². The highest BCUT2D eigenvalue weighted by atomic mass is 79.9. The highest BCUT2D eigenvalue weighted by Crippen LogP contribution is 2.31. The highest BCUT2D eigenvalue weighted by Gasteiger charge is 2.12. The van der Waals surface area contributed by atoms with Crippen molar-refractivity contribution in [3.05, 3.63) is 57.1 Å². The van der Waals surface area contributed by atoms with Crippen molar-refractivity contribution < 1.29 is 9.45 Å². The van der Waals surface area contributed by atoms with E-state index < -0.39 is 4.92 Å². The van der Waals surface area contributed by atoms with Crippen LogP contribution in [0.15, 0.2) is 51.5 Å². The number of hydrogen-bond donors (Lipinski definition) is 1. The zero-order chi connectivity index (χ0) is 14.1. The maximum absolute atomic E-state index is 10.8. The first-order chi connectivity index (χ1) is 9.65. The van der Waals surface area contributed by atoms with Crippen molar-refractivity contribution in [1.82, 2.24) is 5.16 Å². The Balaban J connectivity index is 1.99. The van der Waals surface area contributed by atoms with Gasteiger partial charge >= 0.3 is 0 Å². The molecular weight excluding hydrogens is 326 g/mol. The van der Waals surface area contributed by atoms with E-state index in [4.69, 9.17) is 4.52 Å². The summed E-state index contributed by atoms with van der Waals surface area (Å²) in [7, 11) is 0. The van der Waals surface area contributed by atoms with E-state index in [1.807, 2.05) is 18.2 Å². The number of hydrogen-bond acceptors (Lipinski definition) is 5. The summed E-state index contributed by atoms with van der Waals surface area (Å²) in [5.74, 6) is 0.516. The largest absolute Gasteiger partial charge is 0.353 e. The smallest absolute Gasteiger partial charge is 0.271 e. The third kappa shape index (κ3) is 2.23. The van der Waals surface area contributed by atoms with Gasteiger partial charge in [-0.1, -0.05) is 17.3 Å². The summed E-state index contributed by atoms with van der Waals surface area (Å²) in [6.07, 6.45) is 0. The van der Waals surface area contributed by atoms with Crippen LogP contribution < -0.4 is 5.32 Å². The number of benzene rings is 2. The van der Waals surface area contributed by atoms with E-state index in [1.54, 1.807) is 12.1 Å². The maximum Gasteiger partial charge on any atom is 0.271 e. The Bertz CT molecular complexity index is 800. The van der Waals surface area contributed by atoms with Crippen LogP contribution in [-0.4, -0.2) is 10.1 Å². The average molecular weight is 334 g/mol. The van der Waals surface area contributed by atoms with Crippen LogP contribution in [-0.2, 0) is 0 Å². The third-order valence-corrected chi connectivity index (χ3v) is 3.39. The van der Waals surface area contributed by atoms with Crippen molar-refractivity contribution in [1.29, 1.82) is 0 Å². The number of para-hydroxylation sites is 1. The molecule has 1 N–H and O–H groups in total. The molecule has 20 heavy (non-hydrogen) atoms. The lowest BCUT2D eigenvalue weighted by Gasteiger charge is -2.02. The second kappa shape index (κ2) is 4.93. The number of nitro groups is 1. The van der Waals surface area contributed by atoms with Crippen molar-refractivity contribution in [2.45, 2.75) is 0 Å². The number of halogens is 1. The molecule has 100 valence electrons. The second-order valence-corrected chi connectivity index (χ2v) is 4.93. The van der Waals surface area contributed by atoms with Gasteiger partial charge in [0.15, 0.2) is 11.4 Å². The summed E-state index contributed by atoms with van der Waals surface area (Å²) in [4.78, 5) is 10.3. The number of nitro benzene ring substituents is 1. The van der Waals surface area contributed by atoms with E-state index in [2.05, 4.69) is 26.4 Å². The number of nitrogens with one attached hydrogen (secondary N) is 1. The number of aromatic nitrogens is 1. The molecule has 0 saturated carbocycles. The van der Waals surface area contributed by atoms with Crippen LogP contribution in [0.25, 0.3) is 11.0 Å². The standard InChI is InChI=1S/C13H8BrN3O3/c14-11-6-2-5-10-12(11)20-16-13(10)15-8-3-1-4-9(7-8)17(18)19/h1-7H,(H,15,16). The molecular formula is C13H8BrN3O3. The first-order valence-corrected chi connectivity index (χ1v) is 6.50. The van der Waals surface area contributed by atoms with E-state index in [0.717, 1.165) is 9.86 Å². The molecule has 0 aliphatic rings. The van der Waals surface area contributed by atoms with Crippen molar-refractivity contribution in [3.8, 4) is 0 Å². The molecule has 6 nitrogen and oxygen atoms in total. The molecule has 0 unspecified atom stereocenters. The lowest BCUT2D eigenvalue weighted by Crippen LogP contribution is -1.93. The average Bonchev–Trinajstić information content (AvgIpc) is 2.84. The zero-order valence-corrected chi connectivity index (χ0v) is 11.6. The van der Waals surface area contributed by atoms with Crippen molar-refractivity contribution in [2.24, 2.45) is 0 Å². The molecule has 1 aromatic heterocycles. The Morgan fingerprint density at radius 1 is 1.25 bits per heavy atom. The summed E-state index contributed by atoms with van der Waals surface area (Å²) >= 11 is 3.38. The van der Waals surface area contributed by atoms with Crippen molar-refractivity contribution in [2.75, 3.05) is 5.32 Å². The molecule has 0 bridgehead atoms. The van der Waals surface area contributed by atoms with Gasteiger partial charge in [0.2, 0.25) is 0 Å². The molecule has 3 aromatic rings. The minimum absolute atomic E-state index is 0.0176. The lowest BCUT2D eigenvalue weighted by molar-refractivity contribution is -0.384. The Kier molecular flexibility index (Phi) is 3.11. The Morgan fingerprint density at radius 3 is 2.85 bits per heavy atom. The molecule has 0 fully saturated rings. The third-order valence-electron chi connectivity index (χ3n) is 2.77. The van der Waals surface area contributed by atoms with Gasteiger partial charge in [-0.15, -0.1) is 0 Å². The number of anilines is 2. The molecule has 0 radical (unpaired) electrons. The van der Waals surface area contributed by atoms with E-state index in [9.17, 15) is 10.1 Å². The fourth-order valence-electron chi connectivity index (χ4n) is 1.85. The minimum atomic E-state index is -0.442. The summed E-state index contributed by atoms with van der Waals surface area (Å²) in [6.45, 7) is 0. The number of non-ortho nitro benzene ring substituents is 1. The van der Waals surface area contributed by atoms with Gasteiger partial charge in [-0.2, -0.15) is 0 Å². The van der Waals surface area contributed by atoms with Gasteiger partial charge in [0.25, 0.3) is 5.69 Å².